The minimum Gasteiger partial charge on any atom is -0.290 e. The molecule has 0 bridgehead atoms. The Morgan fingerprint density at radius 1 is 0.440 bits per heavy atom. The third-order valence-corrected chi connectivity index (χ3v) is 11.3. The summed E-state index contributed by atoms with van der Waals surface area (Å²) >= 11 is 1.88. The quantitative estimate of drug-likeness (QED) is 0.190. The Morgan fingerprint density at radius 2 is 1.08 bits per heavy atom. The van der Waals surface area contributed by atoms with Crippen LogP contribution in [0.4, 0.5) is 0 Å². The lowest BCUT2D eigenvalue weighted by Gasteiger charge is -2.15. The van der Waals surface area contributed by atoms with E-state index in [9.17, 15) is 0 Å². The predicted molar refractivity (Wildman–Crippen MR) is 213 cm³/mol. The van der Waals surface area contributed by atoms with Gasteiger partial charge in [0, 0.05) is 31.8 Å². The topological polar surface area (TPSA) is 30.7 Å². The van der Waals surface area contributed by atoms with Gasteiger partial charge in [-0.15, -0.1) is 11.3 Å². The molecule has 50 heavy (non-hydrogen) atoms. The molecular weight excluding hydrogens is 627 g/mol. The van der Waals surface area contributed by atoms with Gasteiger partial charge in [-0.3, -0.25) is 4.57 Å². The molecule has 0 radical (unpaired) electrons. The molecule has 3 heterocycles. The highest BCUT2D eigenvalue weighted by atomic mass is 32.1. The zero-order chi connectivity index (χ0) is 32.8. The predicted octanol–water partition coefficient (Wildman–Crippen LogP) is 12.7. The van der Waals surface area contributed by atoms with E-state index in [1.54, 1.807) is 0 Å². The molecule has 0 saturated heterocycles. The first-order valence-electron chi connectivity index (χ1n) is 16.9. The molecule has 0 spiro atoms. The summed E-state index contributed by atoms with van der Waals surface area (Å²) in [5.41, 5.74) is 8.25. The Morgan fingerprint density at radius 3 is 1.92 bits per heavy atom. The monoisotopic (exact) mass is 653 g/mol. The number of fused-ring (bicyclic) bond motifs is 13. The summed E-state index contributed by atoms with van der Waals surface area (Å²) < 4.78 is 4.95. The van der Waals surface area contributed by atoms with E-state index in [1.165, 1.54) is 63.6 Å². The zero-order valence-electron chi connectivity index (χ0n) is 26.8. The standard InChI is InChI=1S/C46H27N3S/c1-2-13-28(14-3-1)30-16-12-17-31(27-30)43-46(48-37-23-10-9-22-36(37)47-43)49-38-24-11-8-21-35(38)40-33-19-6-7-20-34(33)42-41-32-18-5-4-15-29(32)25-26-39(41)50-45(42)44(40)49/h1-27H. The zero-order valence-corrected chi connectivity index (χ0v) is 27.7. The van der Waals surface area contributed by atoms with Gasteiger partial charge in [0.05, 0.1) is 26.8 Å². The van der Waals surface area contributed by atoms with Gasteiger partial charge in [-0.25, -0.2) is 9.97 Å². The van der Waals surface area contributed by atoms with Crippen molar-refractivity contribution in [1.29, 1.82) is 0 Å². The van der Waals surface area contributed by atoms with Gasteiger partial charge in [-0.1, -0.05) is 133 Å². The van der Waals surface area contributed by atoms with E-state index in [0.717, 1.165) is 39.2 Å². The van der Waals surface area contributed by atoms with Crippen LogP contribution in [0.5, 0.6) is 0 Å². The number of rotatable bonds is 3. The molecule has 11 rings (SSSR count). The van der Waals surface area contributed by atoms with Crippen LogP contribution in [0.3, 0.4) is 0 Å². The number of aromatic nitrogens is 3. The summed E-state index contributed by atoms with van der Waals surface area (Å²) in [5, 5.41) is 10.1. The highest BCUT2D eigenvalue weighted by Gasteiger charge is 2.25. The number of hydrogen-bond donors (Lipinski definition) is 0. The summed E-state index contributed by atoms with van der Waals surface area (Å²) in [7, 11) is 0. The van der Waals surface area contributed by atoms with E-state index in [2.05, 4.69) is 156 Å². The molecular formula is C46H27N3S. The third kappa shape index (κ3) is 3.91. The van der Waals surface area contributed by atoms with Crippen molar-refractivity contribution in [3.8, 4) is 28.2 Å². The first-order valence-corrected chi connectivity index (χ1v) is 17.7. The third-order valence-electron chi connectivity index (χ3n) is 10.1. The maximum atomic E-state index is 5.49. The molecule has 232 valence electrons. The molecule has 0 amide bonds. The van der Waals surface area contributed by atoms with Crippen LogP contribution in [-0.4, -0.2) is 14.5 Å². The molecule has 11 aromatic rings. The summed E-state index contributed by atoms with van der Waals surface area (Å²) in [6.45, 7) is 0. The van der Waals surface area contributed by atoms with Crippen LogP contribution in [0.2, 0.25) is 0 Å². The molecule has 0 atom stereocenters. The number of benzene rings is 8. The lowest BCUT2D eigenvalue weighted by Crippen LogP contribution is -2.04. The van der Waals surface area contributed by atoms with Crippen LogP contribution in [-0.2, 0) is 0 Å². The second-order valence-corrected chi connectivity index (χ2v) is 14.0. The van der Waals surface area contributed by atoms with Gasteiger partial charge in [0.15, 0.2) is 5.82 Å². The van der Waals surface area contributed by atoms with Crippen LogP contribution >= 0.6 is 11.3 Å². The molecule has 0 aliphatic heterocycles. The van der Waals surface area contributed by atoms with E-state index in [0.29, 0.717) is 0 Å². The molecule has 0 saturated carbocycles. The van der Waals surface area contributed by atoms with Crippen LogP contribution in [0.15, 0.2) is 164 Å². The van der Waals surface area contributed by atoms with Gasteiger partial charge < -0.3 is 0 Å². The van der Waals surface area contributed by atoms with Gasteiger partial charge in [-0.2, -0.15) is 0 Å². The van der Waals surface area contributed by atoms with Gasteiger partial charge >= 0.3 is 0 Å². The van der Waals surface area contributed by atoms with E-state index >= 15 is 0 Å². The summed E-state index contributed by atoms with van der Waals surface area (Å²) in [6.07, 6.45) is 0. The van der Waals surface area contributed by atoms with Crippen molar-refractivity contribution in [1.82, 2.24) is 14.5 Å². The Kier molecular flexibility index (Phi) is 5.83. The van der Waals surface area contributed by atoms with Crippen molar-refractivity contribution in [2.45, 2.75) is 0 Å². The Hall–Kier alpha value is -6.36. The Labute approximate surface area is 291 Å². The second kappa shape index (κ2) is 10.6. The van der Waals surface area contributed by atoms with Crippen molar-refractivity contribution >= 4 is 85.9 Å². The maximum absolute atomic E-state index is 5.49. The largest absolute Gasteiger partial charge is 0.290 e. The number of para-hydroxylation sites is 3. The second-order valence-electron chi connectivity index (χ2n) is 12.9. The highest BCUT2D eigenvalue weighted by molar-refractivity contribution is 7.27. The van der Waals surface area contributed by atoms with Gasteiger partial charge in [0.25, 0.3) is 0 Å². The molecule has 3 nitrogen and oxygen atoms in total. The minimum absolute atomic E-state index is 0.832. The fourth-order valence-electron chi connectivity index (χ4n) is 7.98. The Bertz CT molecular complexity index is 3150. The molecule has 0 unspecified atom stereocenters. The fraction of sp³-hybridized carbons (Fsp3) is 0. The van der Waals surface area contributed by atoms with Gasteiger partial charge in [-0.05, 0) is 63.0 Å². The molecule has 0 aliphatic rings. The lowest BCUT2D eigenvalue weighted by molar-refractivity contribution is 1.08. The summed E-state index contributed by atoms with van der Waals surface area (Å²) in [6, 6.07) is 58.5. The van der Waals surface area contributed by atoms with Crippen molar-refractivity contribution in [3.63, 3.8) is 0 Å². The van der Waals surface area contributed by atoms with E-state index in [1.807, 2.05) is 23.5 Å². The molecule has 8 aromatic carbocycles. The summed E-state index contributed by atoms with van der Waals surface area (Å²) in [4.78, 5) is 10.9. The molecule has 0 N–H and O–H groups in total. The number of hydrogen-bond acceptors (Lipinski definition) is 3. The van der Waals surface area contributed by atoms with Crippen molar-refractivity contribution in [2.75, 3.05) is 0 Å². The smallest absolute Gasteiger partial charge is 0.165 e. The Balaban J connectivity index is 1.35. The van der Waals surface area contributed by atoms with Crippen LogP contribution in [0.1, 0.15) is 0 Å². The molecule has 0 fully saturated rings. The van der Waals surface area contributed by atoms with Crippen molar-refractivity contribution in [3.05, 3.63) is 164 Å². The average molecular weight is 654 g/mol. The molecule has 4 heteroatoms. The van der Waals surface area contributed by atoms with Crippen molar-refractivity contribution < 1.29 is 0 Å². The maximum Gasteiger partial charge on any atom is 0.165 e. The molecule has 0 aliphatic carbocycles. The first kappa shape index (κ1) is 27.6. The average Bonchev–Trinajstić information content (AvgIpc) is 3.75. The van der Waals surface area contributed by atoms with E-state index < -0.39 is 0 Å². The summed E-state index contributed by atoms with van der Waals surface area (Å²) in [5.74, 6) is 0.832. The molecule has 3 aromatic heterocycles. The van der Waals surface area contributed by atoms with Gasteiger partial charge in [0.2, 0.25) is 0 Å². The normalized spacial score (nSPS) is 12.0. The van der Waals surface area contributed by atoms with Crippen molar-refractivity contribution in [2.24, 2.45) is 0 Å². The number of nitrogens with zero attached hydrogens (tertiary/aromatic N) is 3. The van der Waals surface area contributed by atoms with E-state index in [4.69, 9.17) is 9.97 Å². The van der Waals surface area contributed by atoms with Gasteiger partial charge in [0.1, 0.15) is 5.69 Å². The highest BCUT2D eigenvalue weighted by Crippen LogP contribution is 2.49. The lowest BCUT2D eigenvalue weighted by atomic mass is 9.96. The van der Waals surface area contributed by atoms with Crippen LogP contribution in [0.25, 0.3) is 103 Å². The van der Waals surface area contributed by atoms with E-state index in [-0.39, 0.29) is 0 Å². The SMILES string of the molecule is c1ccc(-c2cccc(-c3nc4ccccc4nc3-n3c4ccccc4c4c5ccccc5c5c(sc6ccc7ccccc7c65)c43)c2)cc1. The van der Waals surface area contributed by atoms with Crippen LogP contribution < -0.4 is 0 Å². The van der Waals surface area contributed by atoms with Crippen LogP contribution in [0, 0.1) is 0 Å². The number of thiophene rings is 1. The minimum atomic E-state index is 0.832. The first-order chi connectivity index (χ1) is 24.8. The fourth-order valence-corrected chi connectivity index (χ4v) is 9.25.